The van der Waals surface area contributed by atoms with Gasteiger partial charge >= 0.3 is 0 Å². The second kappa shape index (κ2) is 6.55. The predicted octanol–water partition coefficient (Wildman–Crippen LogP) is 3.38. The van der Waals surface area contributed by atoms with E-state index in [1.807, 2.05) is 22.2 Å². The number of thiophene rings is 1. The summed E-state index contributed by atoms with van der Waals surface area (Å²) < 4.78 is 2.93. The molecule has 1 aliphatic rings. The molecule has 20 heavy (non-hydrogen) atoms. The molecule has 3 nitrogen and oxygen atoms in total. The first-order valence-electron chi connectivity index (χ1n) is 7.64. The first kappa shape index (κ1) is 13.8. The minimum atomic E-state index is 0.154. The van der Waals surface area contributed by atoms with E-state index in [2.05, 4.69) is 11.4 Å². The van der Waals surface area contributed by atoms with E-state index in [0.717, 1.165) is 29.6 Å². The van der Waals surface area contributed by atoms with E-state index in [1.165, 1.54) is 32.1 Å². The van der Waals surface area contributed by atoms with E-state index in [0.29, 0.717) is 6.04 Å². The lowest BCUT2D eigenvalue weighted by molar-refractivity contribution is 0.368. The maximum absolute atomic E-state index is 12.2. The van der Waals surface area contributed by atoms with Crippen molar-refractivity contribution in [1.82, 2.24) is 9.88 Å². The summed E-state index contributed by atoms with van der Waals surface area (Å²) in [6.07, 6.45) is 9.72. The molecule has 0 radical (unpaired) electrons. The molecule has 0 bridgehead atoms. The normalized spacial score (nSPS) is 16.8. The summed E-state index contributed by atoms with van der Waals surface area (Å²) in [5.41, 5.74) is 0.154. The van der Waals surface area contributed by atoms with Crippen molar-refractivity contribution in [3.05, 3.63) is 34.1 Å². The molecule has 0 amide bonds. The minimum absolute atomic E-state index is 0.154. The van der Waals surface area contributed by atoms with Crippen LogP contribution in [0.4, 0.5) is 0 Å². The van der Waals surface area contributed by atoms with Crippen molar-refractivity contribution in [3.63, 3.8) is 0 Å². The van der Waals surface area contributed by atoms with Crippen LogP contribution in [0.25, 0.3) is 10.1 Å². The highest BCUT2D eigenvalue weighted by atomic mass is 32.1. The number of nitrogens with one attached hydrogen (secondary N) is 1. The van der Waals surface area contributed by atoms with Crippen LogP contribution in [-0.2, 0) is 6.54 Å². The van der Waals surface area contributed by atoms with Crippen LogP contribution in [-0.4, -0.2) is 17.2 Å². The van der Waals surface area contributed by atoms with Crippen molar-refractivity contribution < 1.29 is 0 Å². The summed E-state index contributed by atoms with van der Waals surface area (Å²) in [5, 5.41) is 6.48. The third-order valence-corrected chi connectivity index (χ3v) is 5.09. The van der Waals surface area contributed by atoms with Gasteiger partial charge in [-0.25, -0.2) is 0 Å². The van der Waals surface area contributed by atoms with Gasteiger partial charge in [0, 0.05) is 23.5 Å². The molecule has 0 atom stereocenters. The van der Waals surface area contributed by atoms with Crippen LogP contribution >= 0.6 is 11.3 Å². The maximum Gasteiger partial charge on any atom is 0.259 e. The average molecular weight is 290 g/mol. The zero-order chi connectivity index (χ0) is 13.8. The van der Waals surface area contributed by atoms with Crippen LogP contribution in [0.1, 0.15) is 38.5 Å². The number of pyridine rings is 1. The van der Waals surface area contributed by atoms with Crippen LogP contribution in [0.3, 0.4) is 0 Å². The number of nitrogens with zero attached hydrogens (tertiary/aromatic N) is 1. The molecule has 4 heteroatoms. The van der Waals surface area contributed by atoms with Crippen LogP contribution < -0.4 is 10.9 Å². The van der Waals surface area contributed by atoms with Crippen LogP contribution in [0, 0.1) is 0 Å². The molecule has 0 aliphatic heterocycles. The van der Waals surface area contributed by atoms with E-state index >= 15 is 0 Å². The number of aryl methyl sites for hydroxylation is 1. The second-order valence-corrected chi connectivity index (χ2v) is 6.60. The first-order valence-corrected chi connectivity index (χ1v) is 8.52. The molecule has 2 aromatic rings. The smallest absolute Gasteiger partial charge is 0.259 e. The zero-order valence-electron chi connectivity index (χ0n) is 11.8. The van der Waals surface area contributed by atoms with Crippen LogP contribution in [0.15, 0.2) is 28.5 Å². The van der Waals surface area contributed by atoms with Gasteiger partial charge in [-0.1, -0.05) is 19.3 Å². The van der Waals surface area contributed by atoms with Crippen LogP contribution in [0.5, 0.6) is 0 Å². The molecule has 2 heterocycles. The summed E-state index contributed by atoms with van der Waals surface area (Å²) in [4.78, 5) is 12.2. The second-order valence-electron chi connectivity index (χ2n) is 5.66. The molecule has 1 fully saturated rings. The molecule has 0 aromatic carbocycles. The molecular weight excluding hydrogens is 268 g/mol. The summed E-state index contributed by atoms with van der Waals surface area (Å²) in [6, 6.07) is 4.69. The number of hydrogen-bond acceptors (Lipinski definition) is 3. The lowest BCUT2D eigenvalue weighted by Crippen LogP contribution is -2.32. The fourth-order valence-electron chi connectivity index (χ4n) is 3.05. The van der Waals surface area contributed by atoms with Crippen molar-refractivity contribution in [2.75, 3.05) is 6.54 Å². The Hall–Kier alpha value is -1.13. The van der Waals surface area contributed by atoms with Crippen molar-refractivity contribution in [2.45, 2.75) is 51.1 Å². The minimum Gasteiger partial charge on any atom is -0.315 e. The number of rotatable bonds is 5. The fourth-order valence-corrected chi connectivity index (χ4v) is 3.82. The lowest BCUT2D eigenvalue weighted by atomic mass is 9.95. The molecule has 1 N–H and O–H groups in total. The Morgan fingerprint density at radius 3 is 2.95 bits per heavy atom. The summed E-state index contributed by atoms with van der Waals surface area (Å²) >= 11 is 1.63. The quantitative estimate of drug-likeness (QED) is 0.857. The Labute approximate surface area is 123 Å². The molecule has 0 spiro atoms. The van der Waals surface area contributed by atoms with E-state index in [9.17, 15) is 4.79 Å². The predicted molar refractivity (Wildman–Crippen MR) is 85.6 cm³/mol. The monoisotopic (exact) mass is 290 g/mol. The van der Waals surface area contributed by atoms with Gasteiger partial charge in [0.05, 0.1) is 5.39 Å². The Morgan fingerprint density at radius 2 is 2.10 bits per heavy atom. The maximum atomic E-state index is 12.2. The van der Waals surface area contributed by atoms with Gasteiger partial charge in [-0.15, -0.1) is 11.3 Å². The van der Waals surface area contributed by atoms with Gasteiger partial charge in [-0.3, -0.25) is 4.79 Å². The Balaban J connectivity index is 1.52. The Morgan fingerprint density at radius 1 is 1.25 bits per heavy atom. The molecule has 0 unspecified atom stereocenters. The SMILES string of the molecule is O=c1c2ccsc2ccn1CCCNC1CCCCC1. The molecule has 108 valence electrons. The standard InChI is InChI=1S/C16H22N2OS/c19-16-14-8-12-20-15(14)7-11-18(16)10-4-9-17-13-5-2-1-3-6-13/h7-8,11-13,17H,1-6,9-10H2. The van der Waals surface area contributed by atoms with E-state index in [4.69, 9.17) is 0 Å². The van der Waals surface area contributed by atoms with Gasteiger partial charge in [-0.2, -0.15) is 0 Å². The topological polar surface area (TPSA) is 34.0 Å². The van der Waals surface area contributed by atoms with Crippen molar-refractivity contribution >= 4 is 21.4 Å². The summed E-state index contributed by atoms with van der Waals surface area (Å²) in [7, 11) is 0. The molecule has 1 saturated carbocycles. The van der Waals surface area contributed by atoms with E-state index in [-0.39, 0.29) is 5.56 Å². The van der Waals surface area contributed by atoms with Gasteiger partial charge in [0.15, 0.2) is 0 Å². The van der Waals surface area contributed by atoms with Crippen molar-refractivity contribution in [2.24, 2.45) is 0 Å². The summed E-state index contributed by atoms with van der Waals surface area (Å²) in [5.74, 6) is 0. The van der Waals surface area contributed by atoms with Gasteiger partial charge in [0.25, 0.3) is 5.56 Å². The molecule has 1 aliphatic carbocycles. The third kappa shape index (κ3) is 3.13. The van der Waals surface area contributed by atoms with Crippen molar-refractivity contribution in [3.8, 4) is 0 Å². The van der Waals surface area contributed by atoms with Gasteiger partial charge in [-0.05, 0) is 43.3 Å². The molecule has 0 saturated heterocycles. The van der Waals surface area contributed by atoms with Gasteiger partial charge < -0.3 is 9.88 Å². The highest BCUT2D eigenvalue weighted by Crippen LogP contribution is 2.17. The largest absolute Gasteiger partial charge is 0.315 e. The number of hydrogen-bond donors (Lipinski definition) is 1. The molecule has 2 aromatic heterocycles. The highest BCUT2D eigenvalue weighted by Gasteiger charge is 2.11. The van der Waals surface area contributed by atoms with E-state index in [1.54, 1.807) is 11.3 Å². The molecular formula is C16H22N2OS. The molecule has 3 rings (SSSR count). The van der Waals surface area contributed by atoms with Crippen LogP contribution in [0.2, 0.25) is 0 Å². The van der Waals surface area contributed by atoms with Gasteiger partial charge in [0.1, 0.15) is 0 Å². The van der Waals surface area contributed by atoms with Gasteiger partial charge in [0.2, 0.25) is 0 Å². The average Bonchev–Trinajstić information content (AvgIpc) is 2.96. The first-order chi connectivity index (χ1) is 9.84. The Bertz CT molecular complexity index is 610. The zero-order valence-corrected chi connectivity index (χ0v) is 12.6. The fraction of sp³-hybridized carbons (Fsp3) is 0.562. The third-order valence-electron chi connectivity index (χ3n) is 4.21. The van der Waals surface area contributed by atoms with Crippen molar-refractivity contribution in [1.29, 1.82) is 0 Å². The lowest BCUT2D eigenvalue weighted by Gasteiger charge is -2.22. The van der Waals surface area contributed by atoms with E-state index < -0.39 is 0 Å². The number of fused-ring (bicyclic) bond motifs is 1. The highest BCUT2D eigenvalue weighted by molar-refractivity contribution is 7.17. The number of aromatic nitrogens is 1. The Kier molecular flexibility index (Phi) is 4.53. The summed E-state index contributed by atoms with van der Waals surface area (Å²) in [6.45, 7) is 1.82.